The van der Waals surface area contributed by atoms with Crippen LogP contribution in [0.2, 0.25) is 0 Å². The van der Waals surface area contributed by atoms with Crippen molar-refractivity contribution in [3.8, 4) is 0 Å². The third-order valence-electron chi connectivity index (χ3n) is 5.93. The molecule has 27 heavy (non-hydrogen) atoms. The van der Waals surface area contributed by atoms with Gasteiger partial charge in [-0.2, -0.15) is 0 Å². The molecule has 0 saturated carbocycles. The fraction of sp³-hybridized carbons (Fsp3) is 0.476. The Balaban J connectivity index is 1.76. The smallest absolute Gasteiger partial charge is 0.169 e. The Morgan fingerprint density at radius 1 is 1.37 bits per heavy atom. The first-order valence-electron chi connectivity index (χ1n) is 9.72. The fourth-order valence-corrected chi connectivity index (χ4v) is 5.56. The van der Waals surface area contributed by atoms with E-state index in [1.807, 2.05) is 11.8 Å². The van der Waals surface area contributed by atoms with E-state index >= 15 is 0 Å². The normalized spacial score (nSPS) is 21.7. The van der Waals surface area contributed by atoms with Gasteiger partial charge in [-0.15, -0.1) is 11.8 Å². The van der Waals surface area contributed by atoms with E-state index < -0.39 is 0 Å². The number of hydrogen-bond donors (Lipinski definition) is 2. The van der Waals surface area contributed by atoms with Gasteiger partial charge in [-0.1, -0.05) is 6.08 Å². The van der Waals surface area contributed by atoms with Gasteiger partial charge in [-0.3, -0.25) is 4.90 Å². The molecular weight excluding hydrogens is 372 g/mol. The van der Waals surface area contributed by atoms with E-state index in [-0.39, 0.29) is 6.04 Å². The molecule has 1 aromatic heterocycles. The number of thiocarbonyl (C=S) groups is 1. The summed E-state index contributed by atoms with van der Waals surface area (Å²) in [6, 6.07) is 5.14. The van der Waals surface area contributed by atoms with Gasteiger partial charge in [0.25, 0.3) is 0 Å². The van der Waals surface area contributed by atoms with Crippen LogP contribution in [0.4, 0.5) is 0 Å². The summed E-state index contributed by atoms with van der Waals surface area (Å²) in [5, 5.41) is 5.86. The minimum Gasteiger partial charge on any atom is -0.361 e. The van der Waals surface area contributed by atoms with Crippen molar-refractivity contribution >= 4 is 45.6 Å². The first-order valence-corrected chi connectivity index (χ1v) is 11.3. The number of nitrogens with zero attached hydrogens (tertiary/aromatic N) is 2. The summed E-state index contributed by atoms with van der Waals surface area (Å²) < 4.78 is 0. The maximum Gasteiger partial charge on any atom is 0.169 e. The maximum atomic E-state index is 5.66. The van der Waals surface area contributed by atoms with Gasteiger partial charge in [-0.05, 0) is 69.1 Å². The molecule has 0 bridgehead atoms. The molecule has 0 unspecified atom stereocenters. The predicted octanol–water partition coefficient (Wildman–Crippen LogP) is 3.73. The molecule has 0 spiro atoms. The highest BCUT2D eigenvalue weighted by Crippen LogP contribution is 2.44. The fourth-order valence-electron chi connectivity index (χ4n) is 4.52. The zero-order valence-electron chi connectivity index (χ0n) is 16.5. The molecular formula is C21H28N4S2. The molecule has 0 radical (unpaired) electrons. The summed E-state index contributed by atoms with van der Waals surface area (Å²) in [5.74, 6) is 0. The molecule has 2 N–H and O–H groups in total. The summed E-state index contributed by atoms with van der Waals surface area (Å²) >= 11 is 7.50. The highest BCUT2D eigenvalue weighted by molar-refractivity contribution is 7.98. The van der Waals surface area contributed by atoms with Gasteiger partial charge in [0, 0.05) is 53.2 Å². The van der Waals surface area contributed by atoms with Gasteiger partial charge in [0.2, 0.25) is 0 Å². The van der Waals surface area contributed by atoms with Crippen LogP contribution < -0.4 is 5.32 Å². The van der Waals surface area contributed by atoms with Crippen LogP contribution in [0.5, 0.6) is 0 Å². The Bertz CT molecular complexity index is 897. The molecule has 6 heteroatoms. The number of benzene rings is 1. The Morgan fingerprint density at radius 2 is 2.15 bits per heavy atom. The van der Waals surface area contributed by atoms with E-state index in [4.69, 9.17) is 12.2 Å². The van der Waals surface area contributed by atoms with Crippen molar-refractivity contribution < 1.29 is 0 Å². The van der Waals surface area contributed by atoms with Crippen molar-refractivity contribution in [2.24, 2.45) is 0 Å². The number of aromatic amines is 1. The number of fused-ring (bicyclic) bond motifs is 2. The molecule has 1 aromatic carbocycles. The second kappa shape index (κ2) is 7.49. The lowest BCUT2D eigenvalue weighted by molar-refractivity contribution is 0.260. The zero-order chi connectivity index (χ0) is 19.1. The van der Waals surface area contributed by atoms with Crippen LogP contribution in [0.15, 0.2) is 29.3 Å². The minimum atomic E-state index is 0.236. The summed E-state index contributed by atoms with van der Waals surface area (Å²) in [6.07, 6.45) is 7.87. The van der Waals surface area contributed by atoms with E-state index in [9.17, 15) is 0 Å². The minimum absolute atomic E-state index is 0.236. The number of rotatable bonds is 4. The van der Waals surface area contributed by atoms with Gasteiger partial charge in [0.15, 0.2) is 5.11 Å². The Hall–Kier alpha value is -1.50. The van der Waals surface area contributed by atoms with Crippen LogP contribution in [-0.4, -0.2) is 64.9 Å². The quantitative estimate of drug-likeness (QED) is 0.604. The van der Waals surface area contributed by atoms with E-state index in [1.54, 1.807) is 0 Å². The molecule has 2 atom stereocenters. The van der Waals surface area contributed by atoms with Crippen molar-refractivity contribution in [2.75, 3.05) is 32.9 Å². The van der Waals surface area contributed by atoms with Gasteiger partial charge < -0.3 is 15.2 Å². The van der Waals surface area contributed by atoms with Crippen LogP contribution in [-0.2, 0) is 6.42 Å². The molecule has 0 amide bonds. The summed E-state index contributed by atoms with van der Waals surface area (Å²) in [4.78, 5) is 9.52. The molecule has 0 fully saturated rings. The number of H-pyrrole nitrogens is 1. The van der Waals surface area contributed by atoms with Crippen molar-refractivity contribution in [1.29, 1.82) is 0 Å². The monoisotopic (exact) mass is 400 g/mol. The first-order chi connectivity index (χ1) is 13.1. The van der Waals surface area contributed by atoms with Gasteiger partial charge in [-0.25, -0.2) is 0 Å². The number of thioether (sulfide) groups is 1. The Morgan fingerprint density at radius 3 is 2.85 bits per heavy atom. The predicted molar refractivity (Wildman–Crippen MR) is 121 cm³/mol. The van der Waals surface area contributed by atoms with E-state index in [1.165, 1.54) is 32.5 Å². The molecule has 4 rings (SSSR count). The summed E-state index contributed by atoms with van der Waals surface area (Å²) in [6.45, 7) is 7.15. The average molecular weight is 401 g/mol. The summed E-state index contributed by atoms with van der Waals surface area (Å²) in [5.41, 5.74) is 5.55. The zero-order valence-corrected chi connectivity index (χ0v) is 18.1. The molecule has 1 aliphatic heterocycles. The van der Waals surface area contributed by atoms with E-state index in [2.05, 4.69) is 71.7 Å². The number of likely N-dealkylation sites (N-methyl/N-ethyl adjacent to an activating group) is 1. The lowest BCUT2D eigenvalue weighted by Crippen LogP contribution is -2.52. The van der Waals surface area contributed by atoms with Crippen molar-refractivity contribution in [2.45, 2.75) is 37.2 Å². The molecule has 2 aromatic rings. The highest BCUT2D eigenvalue weighted by Gasteiger charge is 2.35. The number of hydrogen-bond acceptors (Lipinski definition) is 3. The maximum absolute atomic E-state index is 5.66. The van der Waals surface area contributed by atoms with Crippen LogP contribution in [0.1, 0.15) is 25.0 Å². The van der Waals surface area contributed by atoms with Crippen LogP contribution in [0.3, 0.4) is 0 Å². The van der Waals surface area contributed by atoms with Gasteiger partial charge in [0.05, 0.1) is 6.04 Å². The van der Waals surface area contributed by atoms with E-state index in [0.29, 0.717) is 6.04 Å². The first kappa shape index (κ1) is 18.8. The lowest BCUT2D eigenvalue weighted by atomic mass is 9.81. The van der Waals surface area contributed by atoms with E-state index in [0.717, 1.165) is 31.2 Å². The number of aromatic nitrogens is 1. The van der Waals surface area contributed by atoms with Crippen LogP contribution >= 0.6 is 24.0 Å². The SMILES string of the molecule is CCN(CC)C(=S)N[C@H]1C=C2c3c(SC)ccc4[nH]cc(c34)C[C@H]2N(C)C1. The molecule has 2 aliphatic rings. The highest BCUT2D eigenvalue weighted by atomic mass is 32.2. The molecule has 144 valence electrons. The largest absolute Gasteiger partial charge is 0.361 e. The molecule has 0 saturated heterocycles. The molecule has 1 aliphatic carbocycles. The third-order valence-corrected chi connectivity index (χ3v) is 7.08. The third kappa shape index (κ3) is 3.18. The Kier molecular flexibility index (Phi) is 5.23. The lowest BCUT2D eigenvalue weighted by Gasteiger charge is -2.41. The van der Waals surface area contributed by atoms with Gasteiger partial charge >= 0.3 is 0 Å². The van der Waals surface area contributed by atoms with Crippen LogP contribution in [0, 0.1) is 0 Å². The van der Waals surface area contributed by atoms with Crippen molar-refractivity contribution in [3.05, 3.63) is 35.5 Å². The second-order valence-electron chi connectivity index (χ2n) is 7.39. The molecule has 2 heterocycles. The van der Waals surface area contributed by atoms with Gasteiger partial charge in [0.1, 0.15) is 0 Å². The van der Waals surface area contributed by atoms with Crippen LogP contribution in [0.25, 0.3) is 16.5 Å². The average Bonchev–Trinajstić information content (AvgIpc) is 3.07. The summed E-state index contributed by atoms with van der Waals surface area (Å²) in [7, 11) is 2.24. The Labute approximate surface area is 171 Å². The van der Waals surface area contributed by atoms with Crippen molar-refractivity contribution in [1.82, 2.24) is 20.1 Å². The topological polar surface area (TPSA) is 34.3 Å². The second-order valence-corrected chi connectivity index (χ2v) is 8.62. The van der Waals surface area contributed by atoms with Crippen molar-refractivity contribution in [3.63, 3.8) is 0 Å². The molecule has 4 nitrogen and oxygen atoms in total. The number of nitrogens with one attached hydrogen (secondary N) is 2. The standard InChI is InChI=1S/C21H28N4S2/c1-5-25(6-2)21(26)23-14-10-15-17(24(3)12-14)9-13-11-22-16-7-8-18(27-4)20(15)19(13)16/h7-8,10-11,14,17,22H,5-6,9,12H2,1-4H3,(H,23,26)/t14-,17+/m0/s1.